The summed E-state index contributed by atoms with van der Waals surface area (Å²) in [5, 5.41) is 0. The number of hydrogen-bond acceptors (Lipinski definition) is 4. The van der Waals surface area contributed by atoms with Crippen molar-refractivity contribution in [3.63, 3.8) is 0 Å². The molecular formula is C19H21NO4. The molecule has 126 valence electrons. The summed E-state index contributed by atoms with van der Waals surface area (Å²) in [5.74, 6) is 1.58. The van der Waals surface area contributed by atoms with Gasteiger partial charge in [0.15, 0.2) is 0 Å². The molecule has 0 aromatic heterocycles. The van der Waals surface area contributed by atoms with E-state index in [1.807, 2.05) is 59.5 Å². The Morgan fingerprint density at radius 1 is 1.12 bits per heavy atom. The van der Waals surface area contributed by atoms with Gasteiger partial charge in [-0.05, 0) is 36.4 Å². The summed E-state index contributed by atoms with van der Waals surface area (Å²) in [6.07, 6.45) is -0.131. The first kappa shape index (κ1) is 16.3. The van der Waals surface area contributed by atoms with E-state index in [0.29, 0.717) is 31.9 Å². The van der Waals surface area contributed by atoms with Gasteiger partial charge in [0, 0.05) is 12.1 Å². The van der Waals surface area contributed by atoms with Crippen LogP contribution in [0.4, 0.5) is 0 Å². The van der Waals surface area contributed by atoms with E-state index >= 15 is 0 Å². The van der Waals surface area contributed by atoms with E-state index in [0.717, 1.165) is 11.5 Å². The van der Waals surface area contributed by atoms with Crippen LogP contribution in [0.25, 0.3) is 0 Å². The van der Waals surface area contributed by atoms with Crippen molar-refractivity contribution in [1.29, 1.82) is 0 Å². The number of amides is 1. The summed E-state index contributed by atoms with van der Waals surface area (Å²) in [5.41, 5.74) is 0.703. The minimum atomic E-state index is -0.131. The summed E-state index contributed by atoms with van der Waals surface area (Å²) >= 11 is 0. The second-order valence-electron chi connectivity index (χ2n) is 5.60. The fourth-order valence-corrected chi connectivity index (χ4v) is 2.63. The van der Waals surface area contributed by atoms with Crippen LogP contribution >= 0.6 is 0 Å². The highest BCUT2D eigenvalue weighted by Crippen LogP contribution is 2.18. The molecule has 0 radical (unpaired) electrons. The quantitative estimate of drug-likeness (QED) is 0.847. The molecule has 0 spiro atoms. The van der Waals surface area contributed by atoms with Gasteiger partial charge in [-0.15, -0.1) is 0 Å². The molecule has 24 heavy (non-hydrogen) atoms. The lowest BCUT2D eigenvalue weighted by Gasteiger charge is -2.32. The largest absolute Gasteiger partial charge is 0.497 e. The maximum absolute atomic E-state index is 12.5. The molecule has 0 bridgehead atoms. The summed E-state index contributed by atoms with van der Waals surface area (Å²) < 4.78 is 16.6. The first-order valence-corrected chi connectivity index (χ1v) is 7.99. The van der Waals surface area contributed by atoms with Crippen LogP contribution in [0.2, 0.25) is 0 Å². The first-order chi connectivity index (χ1) is 11.8. The van der Waals surface area contributed by atoms with Gasteiger partial charge in [0.25, 0.3) is 5.91 Å². The molecule has 5 heteroatoms. The number of nitrogens with zero attached hydrogens (tertiary/aromatic N) is 1. The van der Waals surface area contributed by atoms with Crippen LogP contribution in [0.5, 0.6) is 11.5 Å². The number of ether oxygens (including phenoxy) is 3. The van der Waals surface area contributed by atoms with Crippen LogP contribution in [0.1, 0.15) is 10.4 Å². The number of rotatable bonds is 5. The number of benzene rings is 2. The van der Waals surface area contributed by atoms with Crippen LogP contribution in [-0.4, -0.2) is 50.3 Å². The van der Waals surface area contributed by atoms with E-state index in [4.69, 9.17) is 14.2 Å². The van der Waals surface area contributed by atoms with Crippen molar-refractivity contribution in [3.05, 3.63) is 60.2 Å². The zero-order valence-corrected chi connectivity index (χ0v) is 13.7. The van der Waals surface area contributed by atoms with Gasteiger partial charge in [-0.25, -0.2) is 0 Å². The van der Waals surface area contributed by atoms with Crippen LogP contribution in [-0.2, 0) is 4.74 Å². The number of morpholine rings is 1. The second kappa shape index (κ2) is 7.84. The third-order valence-electron chi connectivity index (χ3n) is 3.94. The van der Waals surface area contributed by atoms with E-state index in [-0.39, 0.29) is 12.0 Å². The van der Waals surface area contributed by atoms with Crippen molar-refractivity contribution in [1.82, 2.24) is 4.90 Å². The summed E-state index contributed by atoms with van der Waals surface area (Å²) in [7, 11) is 1.63. The molecule has 0 N–H and O–H groups in total. The Labute approximate surface area is 141 Å². The molecule has 3 rings (SSSR count). The predicted molar refractivity (Wildman–Crippen MR) is 90.6 cm³/mol. The van der Waals surface area contributed by atoms with Crippen LogP contribution < -0.4 is 9.47 Å². The van der Waals surface area contributed by atoms with Crippen molar-refractivity contribution < 1.29 is 19.0 Å². The fourth-order valence-electron chi connectivity index (χ4n) is 2.63. The van der Waals surface area contributed by atoms with Gasteiger partial charge >= 0.3 is 0 Å². The Bertz CT molecular complexity index is 657. The average molecular weight is 327 g/mol. The smallest absolute Gasteiger partial charge is 0.254 e. The van der Waals surface area contributed by atoms with E-state index in [1.165, 1.54) is 0 Å². The van der Waals surface area contributed by atoms with E-state index in [9.17, 15) is 4.79 Å². The number of carbonyl (C=O) groups excluding carboxylic acids is 1. The highest BCUT2D eigenvalue weighted by atomic mass is 16.5. The zero-order valence-electron chi connectivity index (χ0n) is 13.7. The van der Waals surface area contributed by atoms with Gasteiger partial charge in [0.2, 0.25) is 0 Å². The van der Waals surface area contributed by atoms with Crippen molar-refractivity contribution in [3.8, 4) is 11.5 Å². The highest BCUT2D eigenvalue weighted by Gasteiger charge is 2.25. The fraction of sp³-hybridized carbons (Fsp3) is 0.316. The number of carbonyl (C=O) groups is 1. The lowest BCUT2D eigenvalue weighted by atomic mass is 10.2. The normalized spacial score (nSPS) is 17.4. The minimum Gasteiger partial charge on any atom is -0.497 e. The molecule has 1 aliphatic heterocycles. The summed E-state index contributed by atoms with van der Waals surface area (Å²) in [6, 6.07) is 16.7. The van der Waals surface area contributed by atoms with E-state index in [1.54, 1.807) is 7.11 Å². The topological polar surface area (TPSA) is 48.0 Å². The average Bonchev–Trinajstić information content (AvgIpc) is 2.67. The van der Waals surface area contributed by atoms with Crippen LogP contribution in [0.15, 0.2) is 54.6 Å². The Balaban J connectivity index is 1.54. The molecule has 2 aromatic carbocycles. The maximum Gasteiger partial charge on any atom is 0.254 e. The van der Waals surface area contributed by atoms with Crippen LogP contribution in [0, 0.1) is 0 Å². The van der Waals surface area contributed by atoms with Gasteiger partial charge in [-0.3, -0.25) is 4.79 Å². The maximum atomic E-state index is 12.5. The van der Waals surface area contributed by atoms with Crippen molar-refractivity contribution in [2.75, 3.05) is 33.4 Å². The molecule has 1 aliphatic rings. The molecule has 0 saturated carbocycles. The monoisotopic (exact) mass is 327 g/mol. The van der Waals surface area contributed by atoms with Gasteiger partial charge < -0.3 is 19.1 Å². The predicted octanol–water partition coefficient (Wildman–Crippen LogP) is 2.62. The van der Waals surface area contributed by atoms with Gasteiger partial charge in [-0.1, -0.05) is 18.2 Å². The molecule has 1 heterocycles. The number of methoxy groups -OCH3 is 1. The second-order valence-corrected chi connectivity index (χ2v) is 5.60. The van der Waals surface area contributed by atoms with Crippen molar-refractivity contribution in [2.45, 2.75) is 6.10 Å². The van der Waals surface area contributed by atoms with Crippen LogP contribution in [0.3, 0.4) is 0 Å². The molecule has 1 atom stereocenters. The molecule has 0 aliphatic carbocycles. The lowest BCUT2D eigenvalue weighted by Crippen LogP contribution is -2.47. The van der Waals surface area contributed by atoms with Gasteiger partial charge in [-0.2, -0.15) is 0 Å². The molecular weight excluding hydrogens is 306 g/mol. The van der Waals surface area contributed by atoms with E-state index in [2.05, 4.69) is 0 Å². The summed E-state index contributed by atoms with van der Waals surface area (Å²) in [6.45, 7) is 2.07. The SMILES string of the molecule is COc1ccc(OC[C@@H]2CN(C(=O)c3ccccc3)CCO2)cc1. The Morgan fingerprint density at radius 2 is 1.83 bits per heavy atom. The molecule has 0 unspecified atom stereocenters. The lowest BCUT2D eigenvalue weighted by molar-refractivity contribution is -0.0401. The first-order valence-electron chi connectivity index (χ1n) is 7.99. The van der Waals surface area contributed by atoms with Gasteiger partial charge in [0.1, 0.15) is 24.2 Å². The minimum absolute atomic E-state index is 0.0355. The molecule has 1 fully saturated rings. The van der Waals surface area contributed by atoms with Crippen molar-refractivity contribution in [2.24, 2.45) is 0 Å². The Kier molecular flexibility index (Phi) is 5.33. The third-order valence-corrected chi connectivity index (χ3v) is 3.94. The molecule has 2 aromatic rings. The Hall–Kier alpha value is -2.53. The number of hydrogen-bond donors (Lipinski definition) is 0. The Morgan fingerprint density at radius 3 is 2.54 bits per heavy atom. The summed E-state index contributed by atoms with van der Waals surface area (Å²) in [4.78, 5) is 14.3. The van der Waals surface area contributed by atoms with Crippen molar-refractivity contribution >= 4 is 5.91 Å². The molecule has 5 nitrogen and oxygen atoms in total. The highest BCUT2D eigenvalue weighted by molar-refractivity contribution is 5.94. The zero-order chi connectivity index (χ0) is 16.8. The third kappa shape index (κ3) is 4.06. The van der Waals surface area contributed by atoms with Gasteiger partial charge in [0.05, 0.1) is 20.3 Å². The molecule has 1 saturated heterocycles. The molecule has 1 amide bonds. The van der Waals surface area contributed by atoms with E-state index < -0.39 is 0 Å². The standard InChI is InChI=1S/C19H21NO4/c1-22-16-7-9-17(10-8-16)24-14-18-13-20(11-12-23-18)19(21)15-5-3-2-4-6-15/h2-10,18H,11-14H2,1H3/t18-/m0/s1.